The SMILES string of the molecule is CCC1CCC(c2nccc(CC(C)N)n2)CC1. The number of hydrogen-bond donors (Lipinski definition) is 1. The third-order valence-corrected chi connectivity index (χ3v) is 4.05. The molecule has 18 heavy (non-hydrogen) atoms. The predicted octanol–water partition coefficient (Wildman–Crippen LogP) is 3.05. The van der Waals surface area contributed by atoms with Crippen LogP contribution in [-0.4, -0.2) is 16.0 Å². The number of nitrogens with two attached hydrogens (primary N) is 1. The van der Waals surface area contributed by atoms with Crippen molar-refractivity contribution >= 4 is 0 Å². The molecule has 0 aliphatic heterocycles. The van der Waals surface area contributed by atoms with Crippen LogP contribution in [0.1, 0.15) is 63.4 Å². The van der Waals surface area contributed by atoms with E-state index in [1.165, 1.54) is 32.1 Å². The fraction of sp³-hybridized carbons (Fsp3) is 0.733. The molecular formula is C15H25N3. The zero-order chi connectivity index (χ0) is 13.0. The highest BCUT2D eigenvalue weighted by Gasteiger charge is 2.23. The lowest BCUT2D eigenvalue weighted by molar-refractivity contribution is 0.311. The fourth-order valence-electron chi connectivity index (χ4n) is 2.88. The Bertz CT molecular complexity index is 368. The minimum Gasteiger partial charge on any atom is -0.328 e. The summed E-state index contributed by atoms with van der Waals surface area (Å²) in [7, 11) is 0. The maximum Gasteiger partial charge on any atom is 0.131 e. The molecular weight excluding hydrogens is 222 g/mol. The Morgan fingerprint density at radius 3 is 2.67 bits per heavy atom. The van der Waals surface area contributed by atoms with Gasteiger partial charge in [0, 0.05) is 30.3 Å². The van der Waals surface area contributed by atoms with E-state index < -0.39 is 0 Å². The molecule has 0 bridgehead atoms. The Kier molecular flexibility index (Phi) is 4.70. The van der Waals surface area contributed by atoms with Gasteiger partial charge in [-0.2, -0.15) is 0 Å². The molecule has 1 aliphatic carbocycles. The van der Waals surface area contributed by atoms with E-state index in [9.17, 15) is 0 Å². The van der Waals surface area contributed by atoms with E-state index in [2.05, 4.69) is 11.9 Å². The van der Waals surface area contributed by atoms with Crippen LogP contribution in [0.2, 0.25) is 0 Å². The maximum atomic E-state index is 5.83. The molecule has 1 unspecified atom stereocenters. The molecule has 1 aromatic heterocycles. The van der Waals surface area contributed by atoms with Crippen molar-refractivity contribution in [3.63, 3.8) is 0 Å². The van der Waals surface area contributed by atoms with Gasteiger partial charge in [-0.15, -0.1) is 0 Å². The molecule has 1 saturated carbocycles. The van der Waals surface area contributed by atoms with Gasteiger partial charge in [-0.1, -0.05) is 13.3 Å². The third kappa shape index (κ3) is 3.52. The van der Waals surface area contributed by atoms with Crippen molar-refractivity contribution in [1.29, 1.82) is 0 Å². The van der Waals surface area contributed by atoms with Crippen molar-refractivity contribution in [3.05, 3.63) is 23.8 Å². The first-order chi connectivity index (χ1) is 8.69. The summed E-state index contributed by atoms with van der Waals surface area (Å²) >= 11 is 0. The van der Waals surface area contributed by atoms with Crippen LogP contribution in [-0.2, 0) is 6.42 Å². The molecule has 0 amide bonds. The van der Waals surface area contributed by atoms with Crippen LogP contribution in [0.15, 0.2) is 12.3 Å². The van der Waals surface area contributed by atoms with Gasteiger partial charge in [-0.05, 0) is 44.6 Å². The first-order valence-corrected chi connectivity index (χ1v) is 7.26. The fourth-order valence-corrected chi connectivity index (χ4v) is 2.88. The zero-order valence-electron chi connectivity index (χ0n) is 11.6. The van der Waals surface area contributed by atoms with E-state index in [4.69, 9.17) is 10.7 Å². The van der Waals surface area contributed by atoms with Crippen LogP contribution in [0.25, 0.3) is 0 Å². The van der Waals surface area contributed by atoms with Gasteiger partial charge in [0.2, 0.25) is 0 Å². The van der Waals surface area contributed by atoms with Crippen LogP contribution >= 0.6 is 0 Å². The molecule has 2 N–H and O–H groups in total. The van der Waals surface area contributed by atoms with Crippen molar-refractivity contribution in [1.82, 2.24) is 9.97 Å². The van der Waals surface area contributed by atoms with Crippen LogP contribution in [0.5, 0.6) is 0 Å². The van der Waals surface area contributed by atoms with Crippen molar-refractivity contribution in [2.75, 3.05) is 0 Å². The molecule has 0 spiro atoms. The molecule has 1 fully saturated rings. The second kappa shape index (κ2) is 6.28. The van der Waals surface area contributed by atoms with Crippen LogP contribution in [0.4, 0.5) is 0 Å². The van der Waals surface area contributed by atoms with Crippen molar-refractivity contribution in [2.24, 2.45) is 11.7 Å². The minimum absolute atomic E-state index is 0.170. The Labute approximate surface area is 110 Å². The van der Waals surface area contributed by atoms with Gasteiger partial charge < -0.3 is 5.73 Å². The molecule has 3 nitrogen and oxygen atoms in total. The molecule has 100 valence electrons. The number of aromatic nitrogens is 2. The first kappa shape index (κ1) is 13.5. The van der Waals surface area contributed by atoms with Crippen LogP contribution in [0.3, 0.4) is 0 Å². The van der Waals surface area contributed by atoms with E-state index in [1.54, 1.807) is 0 Å². The Balaban J connectivity index is 2.00. The van der Waals surface area contributed by atoms with Gasteiger partial charge in [-0.25, -0.2) is 9.97 Å². The molecule has 1 aliphatic rings. The van der Waals surface area contributed by atoms with Crippen molar-refractivity contribution in [3.8, 4) is 0 Å². The Morgan fingerprint density at radius 1 is 1.33 bits per heavy atom. The monoisotopic (exact) mass is 247 g/mol. The van der Waals surface area contributed by atoms with Crippen LogP contribution < -0.4 is 5.73 Å². The van der Waals surface area contributed by atoms with Gasteiger partial charge in [0.25, 0.3) is 0 Å². The topological polar surface area (TPSA) is 51.8 Å². The second-order valence-electron chi connectivity index (χ2n) is 5.71. The van der Waals surface area contributed by atoms with E-state index >= 15 is 0 Å². The van der Waals surface area contributed by atoms with Gasteiger partial charge in [-0.3, -0.25) is 0 Å². The summed E-state index contributed by atoms with van der Waals surface area (Å²) in [4.78, 5) is 9.17. The lowest BCUT2D eigenvalue weighted by Crippen LogP contribution is -2.20. The zero-order valence-corrected chi connectivity index (χ0v) is 11.6. The van der Waals surface area contributed by atoms with E-state index in [0.717, 1.165) is 23.9 Å². The average Bonchev–Trinajstić information content (AvgIpc) is 2.38. The summed E-state index contributed by atoms with van der Waals surface area (Å²) in [6.07, 6.45) is 9.23. The average molecular weight is 247 g/mol. The Hall–Kier alpha value is -0.960. The smallest absolute Gasteiger partial charge is 0.131 e. The molecule has 2 rings (SSSR count). The van der Waals surface area contributed by atoms with Gasteiger partial charge in [0.05, 0.1) is 0 Å². The summed E-state index contributed by atoms with van der Waals surface area (Å²) in [5.74, 6) is 2.54. The van der Waals surface area contributed by atoms with Gasteiger partial charge >= 0.3 is 0 Å². The quantitative estimate of drug-likeness (QED) is 0.889. The molecule has 0 aromatic carbocycles. The molecule has 1 aromatic rings. The highest BCUT2D eigenvalue weighted by atomic mass is 14.9. The molecule has 3 heteroatoms. The van der Waals surface area contributed by atoms with Gasteiger partial charge in [0.1, 0.15) is 5.82 Å². The maximum absolute atomic E-state index is 5.83. The lowest BCUT2D eigenvalue weighted by Gasteiger charge is -2.26. The van der Waals surface area contributed by atoms with Crippen molar-refractivity contribution < 1.29 is 0 Å². The van der Waals surface area contributed by atoms with Crippen LogP contribution in [0, 0.1) is 5.92 Å². The highest BCUT2D eigenvalue weighted by Crippen LogP contribution is 2.35. The molecule has 0 saturated heterocycles. The molecule has 1 atom stereocenters. The summed E-state index contributed by atoms with van der Waals surface area (Å²) < 4.78 is 0. The largest absolute Gasteiger partial charge is 0.328 e. The third-order valence-electron chi connectivity index (χ3n) is 4.05. The van der Waals surface area contributed by atoms with Gasteiger partial charge in [0.15, 0.2) is 0 Å². The molecule has 1 heterocycles. The first-order valence-electron chi connectivity index (χ1n) is 7.26. The lowest BCUT2D eigenvalue weighted by atomic mass is 9.80. The predicted molar refractivity (Wildman–Crippen MR) is 74.4 cm³/mol. The second-order valence-corrected chi connectivity index (χ2v) is 5.71. The number of nitrogens with zero attached hydrogens (tertiary/aromatic N) is 2. The summed E-state index contributed by atoms with van der Waals surface area (Å²) in [6, 6.07) is 2.16. The normalized spacial score (nSPS) is 25.9. The highest BCUT2D eigenvalue weighted by molar-refractivity contribution is 5.07. The van der Waals surface area contributed by atoms with E-state index in [0.29, 0.717) is 5.92 Å². The summed E-state index contributed by atoms with van der Waals surface area (Å²) in [6.45, 7) is 4.32. The molecule has 0 radical (unpaired) electrons. The summed E-state index contributed by atoms with van der Waals surface area (Å²) in [5.41, 5.74) is 6.92. The standard InChI is InChI=1S/C15H25N3/c1-3-12-4-6-13(7-5-12)15-17-9-8-14(18-15)10-11(2)16/h8-9,11-13H,3-7,10,16H2,1-2H3. The number of rotatable bonds is 4. The van der Waals surface area contributed by atoms with E-state index in [-0.39, 0.29) is 6.04 Å². The van der Waals surface area contributed by atoms with Crippen molar-refractivity contribution in [2.45, 2.75) is 64.3 Å². The van der Waals surface area contributed by atoms with E-state index in [1.807, 2.05) is 19.2 Å². The number of hydrogen-bond acceptors (Lipinski definition) is 3. The minimum atomic E-state index is 0.170. The summed E-state index contributed by atoms with van der Waals surface area (Å²) in [5, 5.41) is 0. The Morgan fingerprint density at radius 2 is 2.06 bits per heavy atom.